The van der Waals surface area contributed by atoms with Crippen molar-refractivity contribution < 1.29 is 14.3 Å². The zero-order valence-electron chi connectivity index (χ0n) is 13.3. The van der Waals surface area contributed by atoms with Gasteiger partial charge in [-0.15, -0.1) is 23.7 Å². The van der Waals surface area contributed by atoms with E-state index < -0.39 is 0 Å². The lowest BCUT2D eigenvalue weighted by Gasteiger charge is -2.04. The monoisotopic (exact) mass is 362 g/mol. The topological polar surface area (TPSA) is 68.3 Å². The molecule has 1 aromatic carbocycles. The number of ether oxygens (including phenoxy) is 1. The molecule has 1 amide bonds. The minimum Gasteiger partial charge on any atom is -0.465 e. The fourth-order valence-electron chi connectivity index (χ4n) is 1.93. The van der Waals surface area contributed by atoms with Crippen LogP contribution < -0.4 is 5.32 Å². The van der Waals surface area contributed by atoms with Gasteiger partial charge in [-0.2, -0.15) is 0 Å². The number of terminal acetylenes is 1. The molecule has 0 fully saturated rings. The van der Waals surface area contributed by atoms with Crippen molar-refractivity contribution in [3.05, 3.63) is 18.2 Å². The Hall–Kier alpha value is -2.04. The van der Waals surface area contributed by atoms with Gasteiger partial charge in [0.15, 0.2) is 4.34 Å². The molecule has 0 atom stereocenters. The molecule has 7 heteroatoms. The van der Waals surface area contributed by atoms with Gasteiger partial charge in [0, 0.05) is 31.2 Å². The Morgan fingerprint density at radius 3 is 3.04 bits per heavy atom. The Labute approximate surface area is 149 Å². The van der Waals surface area contributed by atoms with Gasteiger partial charge < -0.3 is 10.1 Å². The number of hydrogen-bond donors (Lipinski definition) is 1. The minimum absolute atomic E-state index is 0.0369. The van der Waals surface area contributed by atoms with Gasteiger partial charge in [-0.25, -0.2) is 4.98 Å². The number of unbranched alkanes of at least 4 members (excludes halogenated alkanes) is 1. The first-order chi connectivity index (χ1) is 11.6. The van der Waals surface area contributed by atoms with E-state index in [9.17, 15) is 9.59 Å². The summed E-state index contributed by atoms with van der Waals surface area (Å²) in [6, 6.07) is 5.65. The lowest BCUT2D eigenvalue weighted by Crippen LogP contribution is -2.10. The average Bonchev–Trinajstić information content (AvgIpc) is 2.93. The molecule has 1 N–H and O–H groups in total. The molecule has 0 spiro atoms. The van der Waals surface area contributed by atoms with Crippen molar-refractivity contribution in [3.63, 3.8) is 0 Å². The highest BCUT2D eigenvalue weighted by molar-refractivity contribution is 8.01. The van der Waals surface area contributed by atoms with Crippen LogP contribution in [0.25, 0.3) is 10.2 Å². The van der Waals surface area contributed by atoms with Crippen molar-refractivity contribution >= 4 is 50.9 Å². The Morgan fingerprint density at radius 1 is 1.46 bits per heavy atom. The summed E-state index contributed by atoms with van der Waals surface area (Å²) < 4.78 is 6.82. The lowest BCUT2D eigenvalue weighted by molar-refractivity contribution is -0.140. The number of nitrogens with one attached hydrogen (secondary N) is 1. The number of anilines is 1. The van der Waals surface area contributed by atoms with Crippen LogP contribution in [0.2, 0.25) is 0 Å². The van der Waals surface area contributed by atoms with E-state index in [4.69, 9.17) is 11.2 Å². The van der Waals surface area contributed by atoms with Gasteiger partial charge in [0.05, 0.1) is 10.2 Å². The van der Waals surface area contributed by atoms with Crippen LogP contribution in [-0.4, -0.2) is 29.2 Å². The first kappa shape index (κ1) is 18.3. The van der Waals surface area contributed by atoms with Gasteiger partial charge in [0.25, 0.3) is 0 Å². The fourth-order valence-corrected chi connectivity index (χ4v) is 3.93. The molecular weight excluding hydrogens is 344 g/mol. The molecule has 1 heterocycles. The van der Waals surface area contributed by atoms with Crippen LogP contribution in [0.5, 0.6) is 0 Å². The van der Waals surface area contributed by atoms with Gasteiger partial charge in [-0.3, -0.25) is 9.59 Å². The number of carbonyl (C=O) groups is 2. The van der Waals surface area contributed by atoms with Crippen molar-refractivity contribution in [3.8, 4) is 12.3 Å². The second kappa shape index (κ2) is 9.30. The zero-order chi connectivity index (χ0) is 17.4. The van der Waals surface area contributed by atoms with Gasteiger partial charge >= 0.3 is 5.97 Å². The third kappa shape index (κ3) is 5.87. The number of esters is 1. The molecule has 0 aliphatic heterocycles. The smallest absolute Gasteiger partial charge is 0.302 e. The predicted octanol–water partition coefficient (Wildman–Crippen LogP) is 3.69. The second-order valence-electron chi connectivity index (χ2n) is 4.96. The molecule has 0 radical (unpaired) electrons. The molecule has 126 valence electrons. The third-order valence-electron chi connectivity index (χ3n) is 2.99. The van der Waals surface area contributed by atoms with Gasteiger partial charge in [-0.05, 0) is 24.6 Å². The van der Waals surface area contributed by atoms with Crippen molar-refractivity contribution in [2.45, 2.75) is 30.5 Å². The van der Waals surface area contributed by atoms with E-state index in [1.165, 1.54) is 6.92 Å². The van der Waals surface area contributed by atoms with Crippen LogP contribution in [0.3, 0.4) is 0 Å². The van der Waals surface area contributed by atoms with Crippen molar-refractivity contribution in [2.24, 2.45) is 0 Å². The minimum atomic E-state index is -0.275. The number of thioether (sulfide) groups is 1. The number of fused-ring (bicyclic) bond motifs is 1. The molecule has 0 aliphatic rings. The first-order valence-corrected chi connectivity index (χ1v) is 9.29. The van der Waals surface area contributed by atoms with Crippen molar-refractivity contribution in [1.82, 2.24) is 4.98 Å². The van der Waals surface area contributed by atoms with Crippen LogP contribution in [0.1, 0.15) is 26.2 Å². The summed E-state index contributed by atoms with van der Waals surface area (Å²) in [5.41, 5.74) is 1.65. The first-order valence-electron chi connectivity index (χ1n) is 7.48. The molecular formula is C17H18N2O3S2. The van der Waals surface area contributed by atoms with E-state index in [0.717, 1.165) is 20.2 Å². The van der Waals surface area contributed by atoms with Crippen LogP contribution in [0.15, 0.2) is 22.5 Å². The third-order valence-corrected chi connectivity index (χ3v) is 5.12. The molecule has 0 aliphatic carbocycles. The lowest BCUT2D eigenvalue weighted by atomic mass is 10.2. The highest BCUT2D eigenvalue weighted by Gasteiger charge is 2.07. The number of hydrogen-bond acceptors (Lipinski definition) is 6. The highest BCUT2D eigenvalue weighted by Crippen LogP contribution is 2.31. The predicted molar refractivity (Wildman–Crippen MR) is 98.3 cm³/mol. The Morgan fingerprint density at radius 2 is 2.29 bits per heavy atom. The summed E-state index contributed by atoms with van der Waals surface area (Å²) in [6.45, 7) is 1.76. The zero-order valence-corrected chi connectivity index (χ0v) is 15.0. The summed E-state index contributed by atoms with van der Waals surface area (Å²) in [7, 11) is 0. The Bertz CT molecular complexity index is 765. The van der Waals surface area contributed by atoms with Gasteiger partial charge in [0.1, 0.15) is 6.61 Å². The summed E-state index contributed by atoms with van der Waals surface area (Å²) in [6.07, 6.45) is 6.89. The maximum absolute atomic E-state index is 11.8. The van der Waals surface area contributed by atoms with E-state index >= 15 is 0 Å². The second-order valence-corrected chi connectivity index (χ2v) is 7.33. The van der Waals surface area contributed by atoms with Crippen molar-refractivity contribution in [2.75, 3.05) is 17.7 Å². The van der Waals surface area contributed by atoms with E-state index in [1.54, 1.807) is 23.1 Å². The summed E-state index contributed by atoms with van der Waals surface area (Å²) in [5, 5.41) is 2.87. The highest BCUT2D eigenvalue weighted by atomic mass is 32.2. The molecule has 0 bridgehead atoms. The van der Waals surface area contributed by atoms with E-state index in [1.807, 2.05) is 18.2 Å². The summed E-state index contributed by atoms with van der Waals surface area (Å²) in [5.74, 6) is 2.88. The van der Waals surface area contributed by atoms with Crippen LogP contribution in [-0.2, 0) is 14.3 Å². The standard InChI is InChI=1S/C17H18N2O3S2/c1-3-4-5-6-16(21)18-13-7-8-14-15(11-13)24-17(19-14)23-10-9-22-12(2)20/h1,7-8,11H,4-6,9-10H2,2H3,(H,18,21). The molecule has 24 heavy (non-hydrogen) atoms. The summed E-state index contributed by atoms with van der Waals surface area (Å²) >= 11 is 3.10. The van der Waals surface area contributed by atoms with Crippen LogP contribution in [0, 0.1) is 12.3 Å². The maximum atomic E-state index is 11.8. The molecule has 1 aromatic heterocycles. The van der Waals surface area contributed by atoms with Crippen LogP contribution >= 0.6 is 23.1 Å². The average molecular weight is 362 g/mol. The number of thiazole rings is 1. The molecule has 0 unspecified atom stereocenters. The number of nitrogens with zero attached hydrogens (tertiary/aromatic N) is 1. The van der Waals surface area contributed by atoms with Crippen molar-refractivity contribution in [1.29, 1.82) is 0 Å². The van der Waals surface area contributed by atoms with Gasteiger partial charge in [0.2, 0.25) is 5.91 Å². The molecule has 2 rings (SSSR count). The number of carbonyl (C=O) groups excluding carboxylic acids is 2. The Kier molecular flexibility index (Phi) is 7.09. The molecule has 0 saturated carbocycles. The summed E-state index contributed by atoms with van der Waals surface area (Å²) in [4.78, 5) is 27.1. The fraction of sp³-hybridized carbons (Fsp3) is 0.353. The van der Waals surface area contributed by atoms with Gasteiger partial charge in [-0.1, -0.05) is 11.8 Å². The molecule has 2 aromatic rings. The van der Waals surface area contributed by atoms with E-state index in [2.05, 4.69) is 16.2 Å². The maximum Gasteiger partial charge on any atom is 0.302 e. The number of rotatable bonds is 8. The number of amides is 1. The molecule has 0 saturated heterocycles. The SMILES string of the molecule is C#CCCCC(=O)Nc1ccc2nc(SCCOC(C)=O)sc2c1. The number of benzene rings is 1. The normalized spacial score (nSPS) is 10.3. The quantitative estimate of drug-likeness (QED) is 0.336. The molecule has 5 nitrogen and oxygen atoms in total. The van der Waals surface area contributed by atoms with Crippen LogP contribution in [0.4, 0.5) is 5.69 Å². The Balaban J connectivity index is 1.92. The van der Waals surface area contributed by atoms with E-state index in [-0.39, 0.29) is 11.9 Å². The number of aromatic nitrogens is 1. The largest absolute Gasteiger partial charge is 0.465 e. The van der Waals surface area contributed by atoms with E-state index in [0.29, 0.717) is 31.6 Å².